The number of benzene rings is 2. The molecule has 0 radical (unpaired) electrons. The zero-order chi connectivity index (χ0) is 28.8. The number of piperidine rings is 1. The highest BCUT2D eigenvalue weighted by Gasteiger charge is 2.25. The van der Waals surface area contributed by atoms with Gasteiger partial charge in [-0.3, -0.25) is 14.0 Å². The second-order valence-corrected chi connectivity index (χ2v) is 11.7. The molecule has 1 aliphatic heterocycles. The number of H-pyrrole nitrogens is 1. The van der Waals surface area contributed by atoms with Gasteiger partial charge in [0.05, 0.1) is 27.0 Å². The summed E-state index contributed by atoms with van der Waals surface area (Å²) in [6, 6.07) is 15.7. The molecule has 1 atom stereocenters. The van der Waals surface area contributed by atoms with Gasteiger partial charge in [-0.25, -0.2) is 4.98 Å². The molecule has 1 unspecified atom stereocenters. The first-order valence-corrected chi connectivity index (χ1v) is 15.4. The number of imidazole rings is 1. The predicted octanol–water partition coefficient (Wildman–Crippen LogP) is 6.07. The summed E-state index contributed by atoms with van der Waals surface area (Å²) >= 11 is 10.0. The number of carbonyl (C=O) groups is 1. The number of unbranched alkanes of at least 4 members (excludes halogenated alkanes) is 1. The van der Waals surface area contributed by atoms with Crippen molar-refractivity contribution in [3.8, 4) is 22.5 Å². The van der Waals surface area contributed by atoms with Crippen molar-refractivity contribution in [3.05, 3.63) is 88.4 Å². The molecule has 11 heteroatoms. The SMILES string of the molecule is O=C(NCCCCN1CCC(c2nc(-c3ccc(Cl)c(Cl)c3)c(-c3ccncc3)[nH]2)CC1)c1ccccc1S(=O)[O-]. The summed E-state index contributed by atoms with van der Waals surface area (Å²) < 4.78 is 22.7. The Morgan fingerprint density at radius 1 is 1.02 bits per heavy atom. The molecule has 0 aliphatic carbocycles. The van der Waals surface area contributed by atoms with Crippen molar-refractivity contribution in [2.75, 3.05) is 26.2 Å². The van der Waals surface area contributed by atoms with Crippen LogP contribution >= 0.6 is 23.2 Å². The molecule has 0 spiro atoms. The summed E-state index contributed by atoms with van der Waals surface area (Å²) in [7, 11) is 0. The van der Waals surface area contributed by atoms with Crippen molar-refractivity contribution in [2.24, 2.45) is 0 Å². The van der Waals surface area contributed by atoms with E-state index in [2.05, 4.69) is 20.2 Å². The van der Waals surface area contributed by atoms with E-state index < -0.39 is 11.1 Å². The van der Waals surface area contributed by atoms with Gasteiger partial charge in [0.15, 0.2) is 0 Å². The van der Waals surface area contributed by atoms with Crippen LogP contribution in [0.2, 0.25) is 10.0 Å². The summed E-state index contributed by atoms with van der Waals surface area (Å²) in [5.41, 5.74) is 3.88. The number of rotatable bonds is 10. The lowest BCUT2D eigenvalue weighted by atomic mass is 9.96. The first-order valence-electron chi connectivity index (χ1n) is 13.5. The fourth-order valence-electron chi connectivity index (χ4n) is 5.15. The molecule has 2 aromatic carbocycles. The van der Waals surface area contributed by atoms with E-state index in [-0.39, 0.29) is 16.4 Å². The fraction of sp³-hybridized carbons (Fsp3) is 0.300. The quantitative estimate of drug-likeness (QED) is 0.166. The molecule has 8 nitrogen and oxygen atoms in total. The van der Waals surface area contributed by atoms with E-state index in [1.165, 1.54) is 12.1 Å². The maximum absolute atomic E-state index is 12.4. The largest absolute Gasteiger partial charge is 0.768 e. The van der Waals surface area contributed by atoms with Gasteiger partial charge in [0, 0.05) is 40.9 Å². The topological polar surface area (TPSA) is 114 Å². The molecular formula is C30H30Cl2N5O3S-. The van der Waals surface area contributed by atoms with E-state index in [4.69, 9.17) is 28.2 Å². The lowest BCUT2D eigenvalue weighted by molar-refractivity contribution is 0.0949. The second kappa shape index (κ2) is 13.7. The number of hydrogen-bond donors (Lipinski definition) is 2. The van der Waals surface area contributed by atoms with Crippen LogP contribution in [-0.4, -0.2) is 60.7 Å². The molecule has 1 aliphatic rings. The van der Waals surface area contributed by atoms with Crippen molar-refractivity contribution in [1.82, 2.24) is 25.2 Å². The first kappa shape index (κ1) is 29.4. The summed E-state index contributed by atoms with van der Waals surface area (Å²) in [6.07, 6.45) is 7.27. The van der Waals surface area contributed by atoms with Crippen molar-refractivity contribution < 1.29 is 13.6 Å². The van der Waals surface area contributed by atoms with Gasteiger partial charge in [0.1, 0.15) is 5.82 Å². The minimum Gasteiger partial charge on any atom is -0.768 e. The van der Waals surface area contributed by atoms with E-state index in [9.17, 15) is 13.6 Å². The minimum atomic E-state index is -2.45. The smallest absolute Gasteiger partial charge is 0.252 e. The number of amides is 1. The number of hydrogen-bond acceptors (Lipinski definition) is 6. The van der Waals surface area contributed by atoms with Crippen LogP contribution in [0.5, 0.6) is 0 Å². The lowest BCUT2D eigenvalue weighted by Crippen LogP contribution is -2.34. The molecule has 5 rings (SSSR count). The average Bonchev–Trinajstić information content (AvgIpc) is 3.44. The Morgan fingerprint density at radius 3 is 2.51 bits per heavy atom. The maximum atomic E-state index is 12.4. The molecule has 214 valence electrons. The number of aromatic amines is 1. The van der Waals surface area contributed by atoms with Crippen LogP contribution in [-0.2, 0) is 11.1 Å². The van der Waals surface area contributed by atoms with Crippen molar-refractivity contribution in [1.29, 1.82) is 0 Å². The molecule has 1 fully saturated rings. The third kappa shape index (κ3) is 7.23. The number of nitrogens with zero attached hydrogens (tertiary/aromatic N) is 3. The Balaban J connectivity index is 1.14. The molecular weight excluding hydrogens is 581 g/mol. The Hall–Kier alpha value is -3.08. The molecule has 1 saturated heterocycles. The number of carbonyl (C=O) groups excluding carboxylic acids is 1. The third-order valence-corrected chi connectivity index (χ3v) is 8.81. The van der Waals surface area contributed by atoms with Gasteiger partial charge in [0.2, 0.25) is 0 Å². The van der Waals surface area contributed by atoms with Crippen molar-refractivity contribution in [3.63, 3.8) is 0 Å². The molecule has 0 bridgehead atoms. The highest BCUT2D eigenvalue weighted by Crippen LogP contribution is 2.36. The van der Waals surface area contributed by atoms with Gasteiger partial charge in [0.25, 0.3) is 5.91 Å². The van der Waals surface area contributed by atoms with Crippen LogP contribution in [0.3, 0.4) is 0 Å². The first-order chi connectivity index (χ1) is 19.9. The van der Waals surface area contributed by atoms with Gasteiger partial charge in [-0.05, 0) is 92.8 Å². The average molecular weight is 612 g/mol. The third-order valence-electron chi connectivity index (χ3n) is 7.36. The fourth-order valence-corrected chi connectivity index (χ4v) is 5.98. The number of pyridine rings is 1. The minimum absolute atomic E-state index is 0.0152. The van der Waals surface area contributed by atoms with E-state index >= 15 is 0 Å². The van der Waals surface area contributed by atoms with E-state index in [1.807, 2.05) is 24.3 Å². The van der Waals surface area contributed by atoms with Gasteiger partial charge < -0.3 is 19.8 Å². The molecule has 2 aromatic heterocycles. The predicted molar refractivity (Wildman–Crippen MR) is 161 cm³/mol. The van der Waals surface area contributed by atoms with Crippen LogP contribution < -0.4 is 5.32 Å². The normalized spacial score (nSPS) is 15.1. The van der Waals surface area contributed by atoms with Crippen LogP contribution in [0.25, 0.3) is 22.5 Å². The van der Waals surface area contributed by atoms with E-state index in [1.54, 1.807) is 30.6 Å². The lowest BCUT2D eigenvalue weighted by Gasteiger charge is -2.31. The van der Waals surface area contributed by atoms with Gasteiger partial charge in [-0.1, -0.05) is 41.4 Å². The zero-order valence-corrected chi connectivity index (χ0v) is 24.6. The molecule has 1 amide bonds. The van der Waals surface area contributed by atoms with E-state index in [0.717, 1.165) is 73.7 Å². The summed E-state index contributed by atoms with van der Waals surface area (Å²) in [4.78, 5) is 27.7. The molecule has 2 N–H and O–H groups in total. The molecule has 41 heavy (non-hydrogen) atoms. The van der Waals surface area contributed by atoms with Gasteiger partial charge in [-0.2, -0.15) is 0 Å². The van der Waals surface area contributed by atoms with Crippen LogP contribution in [0, 0.1) is 0 Å². The molecule has 4 aromatic rings. The van der Waals surface area contributed by atoms with Crippen LogP contribution in [0.1, 0.15) is 47.8 Å². The number of halogens is 2. The highest BCUT2D eigenvalue weighted by atomic mass is 35.5. The van der Waals surface area contributed by atoms with E-state index in [0.29, 0.717) is 22.5 Å². The molecule has 3 heterocycles. The number of aromatic nitrogens is 3. The zero-order valence-electron chi connectivity index (χ0n) is 22.3. The van der Waals surface area contributed by atoms with Crippen LogP contribution in [0.4, 0.5) is 0 Å². The Bertz CT molecular complexity index is 1520. The van der Waals surface area contributed by atoms with Crippen molar-refractivity contribution >= 4 is 40.2 Å². The van der Waals surface area contributed by atoms with Gasteiger partial charge in [-0.15, -0.1) is 0 Å². The molecule has 0 saturated carbocycles. The summed E-state index contributed by atoms with van der Waals surface area (Å²) in [5, 5.41) is 3.84. The standard InChI is InChI=1S/C30H31Cl2N5O3S/c31-24-8-7-22(19-25(24)32)28-27(20-9-14-33-15-10-20)35-29(36-28)21-11-17-37(18-12-21)16-4-3-13-34-30(38)23-5-1-2-6-26(23)41(39)40/h1-2,5-10,14-15,19,21H,3-4,11-13,16-18H2,(H,34,38)(H,35,36)(H,39,40)/p-1. The van der Waals surface area contributed by atoms with Crippen molar-refractivity contribution in [2.45, 2.75) is 36.5 Å². The summed E-state index contributed by atoms with van der Waals surface area (Å²) in [5.74, 6) is 0.921. The highest BCUT2D eigenvalue weighted by molar-refractivity contribution is 7.79. The summed E-state index contributed by atoms with van der Waals surface area (Å²) in [6.45, 7) is 3.37. The Kier molecular flexibility index (Phi) is 9.84. The number of likely N-dealkylation sites (tertiary alicyclic amines) is 1. The monoisotopic (exact) mass is 610 g/mol. The maximum Gasteiger partial charge on any atom is 0.252 e. The second-order valence-electron chi connectivity index (χ2n) is 10.0. The Labute approximate surface area is 251 Å². The Morgan fingerprint density at radius 2 is 1.78 bits per heavy atom. The van der Waals surface area contributed by atoms with Crippen LogP contribution in [0.15, 0.2) is 71.9 Å². The van der Waals surface area contributed by atoms with Gasteiger partial charge >= 0.3 is 0 Å². The number of nitrogens with one attached hydrogen (secondary N) is 2.